The maximum Gasteiger partial charge on any atom is 0.407 e. The fourth-order valence-electron chi connectivity index (χ4n) is 1.44. The molecule has 7 heteroatoms. The molecule has 1 aliphatic rings. The van der Waals surface area contributed by atoms with Gasteiger partial charge in [0.25, 0.3) is 0 Å². The molecule has 1 fully saturated rings. The first-order valence-electron chi connectivity index (χ1n) is 6.00. The highest BCUT2D eigenvalue weighted by molar-refractivity contribution is 5.66. The van der Waals surface area contributed by atoms with Crippen molar-refractivity contribution in [3.8, 4) is 5.95 Å². The quantitative estimate of drug-likeness (QED) is 0.776. The van der Waals surface area contributed by atoms with Gasteiger partial charge in [0, 0.05) is 18.7 Å². The van der Waals surface area contributed by atoms with Crippen LogP contribution in [0.2, 0.25) is 0 Å². The molecule has 0 bridgehead atoms. The van der Waals surface area contributed by atoms with E-state index >= 15 is 0 Å². The molecule has 1 aromatic rings. The number of nitrogens with zero attached hydrogens (tertiary/aromatic N) is 1. The minimum absolute atomic E-state index is 0.0698. The highest BCUT2D eigenvalue weighted by Crippen LogP contribution is 2.14. The van der Waals surface area contributed by atoms with E-state index in [0.717, 1.165) is 13.0 Å². The zero-order valence-corrected chi connectivity index (χ0v) is 10.3. The van der Waals surface area contributed by atoms with Crippen LogP contribution in [0, 0.1) is 0 Å². The SMILES string of the molecule is CCNC(=O)OCc1cc(OC[C@@H]2CCN2)on1. The summed E-state index contributed by atoms with van der Waals surface area (Å²) in [6.45, 7) is 4.01. The first-order chi connectivity index (χ1) is 8.78. The van der Waals surface area contributed by atoms with Crippen molar-refractivity contribution < 1.29 is 18.8 Å². The van der Waals surface area contributed by atoms with Crippen molar-refractivity contribution in [3.05, 3.63) is 11.8 Å². The fourth-order valence-corrected chi connectivity index (χ4v) is 1.44. The normalized spacial score (nSPS) is 17.9. The number of alkyl carbamates (subject to hydrolysis) is 1. The first-order valence-corrected chi connectivity index (χ1v) is 6.00. The average Bonchev–Trinajstić information content (AvgIpc) is 2.73. The Morgan fingerprint density at radius 1 is 1.72 bits per heavy atom. The molecule has 0 aliphatic carbocycles. The van der Waals surface area contributed by atoms with E-state index in [1.807, 2.05) is 6.92 Å². The van der Waals surface area contributed by atoms with Gasteiger partial charge in [-0.15, -0.1) is 0 Å². The molecule has 1 amide bonds. The van der Waals surface area contributed by atoms with Gasteiger partial charge in [0.1, 0.15) is 18.9 Å². The highest BCUT2D eigenvalue weighted by Gasteiger charge is 2.17. The monoisotopic (exact) mass is 255 g/mol. The molecular formula is C11H17N3O4. The summed E-state index contributed by atoms with van der Waals surface area (Å²) in [7, 11) is 0. The van der Waals surface area contributed by atoms with Crippen LogP contribution >= 0.6 is 0 Å². The molecule has 2 heterocycles. The third-order valence-corrected chi connectivity index (χ3v) is 2.56. The molecular weight excluding hydrogens is 238 g/mol. The Labute approximate surface area is 105 Å². The fraction of sp³-hybridized carbons (Fsp3) is 0.636. The van der Waals surface area contributed by atoms with Gasteiger partial charge < -0.3 is 24.6 Å². The van der Waals surface area contributed by atoms with E-state index in [4.69, 9.17) is 14.0 Å². The van der Waals surface area contributed by atoms with Crippen LogP contribution in [0.25, 0.3) is 0 Å². The van der Waals surface area contributed by atoms with Crippen LogP contribution in [0.3, 0.4) is 0 Å². The Balaban J connectivity index is 1.69. The van der Waals surface area contributed by atoms with E-state index in [-0.39, 0.29) is 6.61 Å². The highest BCUT2D eigenvalue weighted by atomic mass is 16.6. The summed E-state index contributed by atoms with van der Waals surface area (Å²) >= 11 is 0. The number of amides is 1. The summed E-state index contributed by atoms with van der Waals surface area (Å²) in [6, 6.07) is 2.02. The lowest BCUT2D eigenvalue weighted by molar-refractivity contribution is 0.136. The van der Waals surface area contributed by atoms with E-state index in [0.29, 0.717) is 30.8 Å². The number of aromatic nitrogens is 1. The number of carbonyl (C=O) groups is 1. The Bertz CT molecular complexity index is 389. The van der Waals surface area contributed by atoms with Gasteiger partial charge in [0.15, 0.2) is 0 Å². The standard InChI is InChI=1S/C11H17N3O4/c1-2-12-11(15)17-7-9-5-10(18-14-9)16-6-8-3-4-13-8/h5,8,13H,2-4,6-7H2,1H3,(H,12,15)/t8-/m0/s1. The van der Waals surface area contributed by atoms with Crippen LogP contribution < -0.4 is 15.4 Å². The predicted molar refractivity (Wildman–Crippen MR) is 62.3 cm³/mol. The van der Waals surface area contributed by atoms with Crippen LogP contribution in [0.15, 0.2) is 10.6 Å². The van der Waals surface area contributed by atoms with Gasteiger partial charge in [-0.3, -0.25) is 0 Å². The summed E-state index contributed by atoms with van der Waals surface area (Å²) in [5, 5.41) is 9.48. The lowest BCUT2D eigenvalue weighted by atomic mass is 10.1. The van der Waals surface area contributed by atoms with Gasteiger partial charge in [0.2, 0.25) is 0 Å². The van der Waals surface area contributed by atoms with E-state index in [2.05, 4.69) is 15.8 Å². The average molecular weight is 255 g/mol. The van der Waals surface area contributed by atoms with Crippen molar-refractivity contribution in [1.82, 2.24) is 15.8 Å². The van der Waals surface area contributed by atoms with Crippen LogP contribution in [-0.4, -0.2) is 37.0 Å². The zero-order valence-electron chi connectivity index (χ0n) is 10.3. The number of hydrogen-bond donors (Lipinski definition) is 2. The molecule has 100 valence electrons. The molecule has 2 rings (SSSR count). The number of ether oxygens (including phenoxy) is 2. The van der Waals surface area contributed by atoms with E-state index in [1.165, 1.54) is 0 Å². The molecule has 1 atom stereocenters. The Kier molecular flexibility index (Phi) is 4.40. The summed E-state index contributed by atoms with van der Waals surface area (Å²) in [6.07, 6.45) is 0.642. The van der Waals surface area contributed by atoms with Crippen molar-refractivity contribution in [2.45, 2.75) is 26.0 Å². The number of carbonyl (C=O) groups excluding carboxylic acids is 1. The second-order valence-corrected chi connectivity index (χ2v) is 3.99. The van der Waals surface area contributed by atoms with Crippen LogP contribution in [-0.2, 0) is 11.3 Å². The lowest BCUT2D eigenvalue weighted by Crippen LogP contribution is -2.46. The summed E-state index contributed by atoms with van der Waals surface area (Å²) in [4.78, 5) is 11.1. The van der Waals surface area contributed by atoms with E-state index < -0.39 is 6.09 Å². The Morgan fingerprint density at radius 2 is 2.56 bits per heavy atom. The van der Waals surface area contributed by atoms with Crippen molar-refractivity contribution in [3.63, 3.8) is 0 Å². The van der Waals surface area contributed by atoms with Crippen molar-refractivity contribution in [2.24, 2.45) is 0 Å². The molecule has 18 heavy (non-hydrogen) atoms. The van der Waals surface area contributed by atoms with Crippen LogP contribution in [0.1, 0.15) is 19.0 Å². The maximum absolute atomic E-state index is 11.1. The van der Waals surface area contributed by atoms with Gasteiger partial charge in [-0.2, -0.15) is 0 Å². The molecule has 0 spiro atoms. The third-order valence-electron chi connectivity index (χ3n) is 2.56. The molecule has 0 saturated carbocycles. The zero-order chi connectivity index (χ0) is 12.8. The molecule has 0 aromatic carbocycles. The number of rotatable bonds is 6. The summed E-state index contributed by atoms with van der Waals surface area (Å²) in [5.74, 6) is 0.346. The molecule has 0 radical (unpaired) electrons. The summed E-state index contributed by atoms with van der Waals surface area (Å²) in [5.41, 5.74) is 0.526. The number of hydrogen-bond acceptors (Lipinski definition) is 6. The maximum atomic E-state index is 11.1. The molecule has 2 N–H and O–H groups in total. The van der Waals surface area contributed by atoms with Crippen LogP contribution in [0.4, 0.5) is 4.79 Å². The van der Waals surface area contributed by atoms with E-state index in [1.54, 1.807) is 6.07 Å². The second kappa shape index (κ2) is 6.25. The van der Waals surface area contributed by atoms with Gasteiger partial charge in [-0.1, -0.05) is 5.16 Å². The van der Waals surface area contributed by atoms with Gasteiger partial charge in [0.05, 0.1) is 0 Å². The minimum atomic E-state index is -0.471. The molecule has 1 aliphatic heterocycles. The minimum Gasteiger partial charge on any atom is -0.462 e. The van der Waals surface area contributed by atoms with E-state index in [9.17, 15) is 4.79 Å². The topological polar surface area (TPSA) is 85.6 Å². The predicted octanol–water partition coefficient (Wildman–Crippen LogP) is 0.661. The second-order valence-electron chi connectivity index (χ2n) is 3.99. The number of nitrogens with one attached hydrogen (secondary N) is 2. The molecule has 7 nitrogen and oxygen atoms in total. The largest absolute Gasteiger partial charge is 0.462 e. The van der Waals surface area contributed by atoms with Gasteiger partial charge >= 0.3 is 12.0 Å². The Morgan fingerprint density at radius 3 is 3.22 bits per heavy atom. The van der Waals surface area contributed by atoms with Crippen molar-refractivity contribution in [2.75, 3.05) is 19.7 Å². The third kappa shape index (κ3) is 3.63. The first kappa shape index (κ1) is 12.7. The van der Waals surface area contributed by atoms with Gasteiger partial charge in [-0.05, 0) is 19.9 Å². The molecule has 1 saturated heterocycles. The smallest absolute Gasteiger partial charge is 0.407 e. The molecule has 1 aromatic heterocycles. The molecule has 0 unspecified atom stereocenters. The van der Waals surface area contributed by atoms with Crippen molar-refractivity contribution in [1.29, 1.82) is 0 Å². The lowest BCUT2D eigenvalue weighted by Gasteiger charge is -2.26. The van der Waals surface area contributed by atoms with Crippen LogP contribution in [0.5, 0.6) is 5.95 Å². The van der Waals surface area contributed by atoms with Crippen molar-refractivity contribution >= 4 is 6.09 Å². The Hall–Kier alpha value is -1.76. The van der Waals surface area contributed by atoms with Gasteiger partial charge in [-0.25, -0.2) is 4.79 Å². The summed E-state index contributed by atoms with van der Waals surface area (Å²) < 4.78 is 15.3.